The highest BCUT2D eigenvalue weighted by Crippen LogP contribution is 2.37. The van der Waals surface area contributed by atoms with E-state index in [0.717, 1.165) is 40.9 Å². The van der Waals surface area contributed by atoms with Crippen molar-refractivity contribution in [2.24, 2.45) is 5.92 Å². The second-order valence-corrected chi connectivity index (χ2v) is 7.26. The van der Waals surface area contributed by atoms with Crippen LogP contribution in [0, 0.1) is 5.92 Å². The molecule has 0 radical (unpaired) electrons. The van der Waals surface area contributed by atoms with Gasteiger partial charge in [-0.25, -0.2) is 14.6 Å². The minimum atomic E-state index is 0.0183. The van der Waals surface area contributed by atoms with Gasteiger partial charge < -0.3 is 19.1 Å². The fourth-order valence-corrected chi connectivity index (χ4v) is 3.66. The lowest BCUT2D eigenvalue weighted by atomic mass is 10.1. The van der Waals surface area contributed by atoms with Crippen LogP contribution < -0.4 is 4.74 Å². The molecule has 3 heterocycles. The first kappa shape index (κ1) is 17.4. The van der Waals surface area contributed by atoms with Crippen LogP contribution in [0.2, 0.25) is 0 Å². The SMILES string of the molecule is OCCOCCOc1ccc2c(c1)-c1ncnn1Cc1c(CC3CC3)ncn1-2. The largest absolute Gasteiger partial charge is 0.491 e. The summed E-state index contributed by atoms with van der Waals surface area (Å²) < 4.78 is 15.2. The topological polar surface area (TPSA) is 87.2 Å². The minimum absolute atomic E-state index is 0.0183. The number of aliphatic hydroxyl groups excluding tert-OH is 1. The Kier molecular flexibility index (Phi) is 4.58. The summed E-state index contributed by atoms with van der Waals surface area (Å²) in [7, 11) is 0. The molecule has 8 heteroatoms. The van der Waals surface area contributed by atoms with Crippen molar-refractivity contribution in [2.45, 2.75) is 25.8 Å². The number of rotatable bonds is 8. The minimum Gasteiger partial charge on any atom is -0.491 e. The fourth-order valence-electron chi connectivity index (χ4n) is 3.66. The van der Waals surface area contributed by atoms with Gasteiger partial charge in [0.15, 0.2) is 5.82 Å². The molecule has 0 amide bonds. The van der Waals surface area contributed by atoms with Crippen molar-refractivity contribution in [3.8, 4) is 22.8 Å². The van der Waals surface area contributed by atoms with Crippen molar-refractivity contribution in [1.29, 1.82) is 0 Å². The lowest BCUT2D eigenvalue weighted by Crippen LogP contribution is -2.09. The van der Waals surface area contributed by atoms with Gasteiger partial charge in [-0.05, 0) is 43.4 Å². The van der Waals surface area contributed by atoms with Crippen LogP contribution in [0.15, 0.2) is 30.9 Å². The molecule has 1 fully saturated rings. The van der Waals surface area contributed by atoms with Crippen LogP contribution >= 0.6 is 0 Å². The van der Waals surface area contributed by atoms with Gasteiger partial charge in [0.2, 0.25) is 0 Å². The molecule has 0 unspecified atom stereocenters. The Morgan fingerprint density at radius 2 is 2.07 bits per heavy atom. The average Bonchev–Trinajstić information content (AvgIpc) is 3.30. The number of hydrogen-bond acceptors (Lipinski definition) is 6. The zero-order valence-corrected chi connectivity index (χ0v) is 15.6. The predicted octanol–water partition coefficient (Wildman–Crippen LogP) is 1.83. The maximum absolute atomic E-state index is 8.76. The van der Waals surface area contributed by atoms with E-state index in [2.05, 4.69) is 20.7 Å². The van der Waals surface area contributed by atoms with Crippen LogP contribution in [0.1, 0.15) is 24.2 Å². The molecule has 2 aliphatic rings. The van der Waals surface area contributed by atoms with Gasteiger partial charge in [-0.15, -0.1) is 0 Å². The molecular weight excluding hydrogens is 358 g/mol. The zero-order valence-electron chi connectivity index (χ0n) is 15.6. The maximum atomic E-state index is 8.76. The van der Waals surface area contributed by atoms with Gasteiger partial charge >= 0.3 is 0 Å². The van der Waals surface area contributed by atoms with E-state index in [0.29, 0.717) is 26.4 Å². The summed E-state index contributed by atoms with van der Waals surface area (Å²) in [5.74, 6) is 2.36. The zero-order chi connectivity index (χ0) is 18.9. The molecule has 2 aromatic heterocycles. The van der Waals surface area contributed by atoms with E-state index in [-0.39, 0.29) is 6.61 Å². The molecule has 0 atom stereocenters. The molecule has 1 aliphatic carbocycles. The Morgan fingerprint density at radius 1 is 1.14 bits per heavy atom. The molecule has 1 saturated carbocycles. The molecule has 1 aromatic carbocycles. The van der Waals surface area contributed by atoms with Crippen molar-refractivity contribution < 1.29 is 14.6 Å². The van der Waals surface area contributed by atoms with E-state index in [1.54, 1.807) is 6.33 Å². The molecule has 0 saturated heterocycles. The first-order chi connectivity index (χ1) is 13.8. The molecule has 1 aliphatic heterocycles. The molecule has 0 bridgehead atoms. The summed E-state index contributed by atoms with van der Waals surface area (Å²) in [6.45, 7) is 1.86. The molecule has 0 spiro atoms. The van der Waals surface area contributed by atoms with Crippen LogP contribution in [0.5, 0.6) is 5.75 Å². The highest BCUT2D eigenvalue weighted by atomic mass is 16.5. The second-order valence-electron chi connectivity index (χ2n) is 7.26. The lowest BCUT2D eigenvalue weighted by Gasteiger charge is -2.12. The molecule has 8 nitrogen and oxygen atoms in total. The van der Waals surface area contributed by atoms with E-state index < -0.39 is 0 Å². The number of aromatic nitrogens is 5. The van der Waals surface area contributed by atoms with Crippen LogP contribution in [-0.2, 0) is 17.7 Å². The number of nitrogens with zero attached hydrogens (tertiary/aromatic N) is 5. The van der Waals surface area contributed by atoms with Crippen molar-refractivity contribution >= 4 is 0 Å². The molecule has 28 heavy (non-hydrogen) atoms. The Hall–Kier alpha value is -2.71. The predicted molar refractivity (Wildman–Crippen MR) is 102 cm³/mol. The number of benzene rings is 1. The fraction of sp³-hybridized carbons (Fsp3) is 0.450. The standard InChI is InChI=1S/C20H23N5O3/c26-5-6-27-7-8-28-15-3-4-18-16(10-15)20-21-12-23-25(20)11-19-17(9-14-1-2-14)22-13-24(18)19/h3-4,10,12-14,26H,1-2,5-9,11H2. The Labute approximate surface area is 162 Å². The van der Waals surface area contributed by atoms with E-state index in [1.165, 1.54) is 18.5 Å². The third-order valence-corrected chi connectivity index (χ3v) is 5.25. The number of imidazole rings is 1. The van der Waals surface area contributed by atoms with Gasteiger partial charge in [0.05, 0.1) is 49.8 Å². The van der Waals surface area contributed by atoms with Crippen molar-refractivity contribution in [2.75, 3.05) is 26.4 Å². The van der Waals surface area contributed by atoms with Crippen molar-refractivity contribution in [3.63, 3.8) is 0 Å². The Balaban J connectivity index is 1.47. The summed E-state index contributed by atoms with van der Waals surface area (Å²) in [4.78, 5) is 9.21. The molecule has 3 aromatic rings. The Morgan fingerprint density at radius 3 is 2.93 bits per heavy atom. The van der Waals surface area contributed by atoms with Crippen molar-refractivity contribution in [3.05, 3.63) is 42.2 Å². The normalized spacial score (nSPS) is 14.9. The average molecular weight is 381 g/mol. The number of fused-ring (bicyclic) bond motifs is 5. The smallest absolute Gasteiger partial charge is 0.160 e. The molecule has 146 valence electrons. The van der Waals surface area contributed by atoms with Crippen molar-refractivity contribution in [1.82, 2.24) is 24.3 Å². The van der Waals surface area contributed by atoms with Gasteiger partial charge in [-0.2, -0.15) is 5.10 Å². The van der Waals surface area contributed by atoms with Gasteiger partial charge in [0.1, 0.15) is 18.7 Å². The third-order valence-electron chi connectivity index (χ3n) is 5.25. The summed E-state index contributed by atoms with van der Waals surface area (Å²) in [6, 6.07) is 6.01. The number of hydrogen-bond donors (Lipinski definition) is 1. The summed E-state index contributed by atoms with van der Waals surface area (Å²) in [5, 5.41) is 13.2. The molecule has 5 rings (SSSR count). The summed E-state index contributed by atoms with van der Waals surface area (Å²) >= 11 is 0. The quantitative estimate of drug-likeness (QED) is 0.469. The van der Waals surface area contributed by atoms with Gasteiger partial charge in [-0.3, -0.25) is 0 Å². The third kappa shape index (κ3) is 3.29. The second kappa shape index (κ2) is 7.37. The summed E-state index contributed by atoms with van der Waals surface area (Å²) in [6.07, 6.45) is 7.17. The van der Waals surface area contributed by atoms with Crippen LogP contribution in [-0.4, -0.2) is 55.8 Å². The monoisotopic (exact) mass is 381 g/mol. The number of aliphatic hydroxyl groups is 1. The van der Waals surface area contributed by atoms with E-state index in [9.17, 15) is 0 Å². The summed E-state index contributed by atoms with van der Waals surface area (Å²) in [5.41, 5.74) is 4.36. The first-order valence-electron chi connectivity index (χ1n) is 9.72. The highest BCUT2D eigenvalue weighted by molar-refractivity contribution is 5.71. The lowest BCUT2D eigenvalue weighted by molar-refractivity contribution is 0.0705. The van der Waals surface area contributed by atoms with Crippen LogP contribution in [0.4, 0.5) is 0 Å². The van der Waals surface area contributed by atoms with E-state index in [1.807, 2.05) is 23.1 Å². The Bertz CT molecular complexity index is 976. The first-order valence-corrected chi connectivity index (χ1v) is 9.72. The highest BCUT2D eigenvalue weighted by Gasteiger charge is 2.28. The maximum Gasteiger partial charge on any atom is 0.160 e. The number of ether oxygens (including phenoxy) is 2. The van der Waals surface area contributed by atoms with Gasteiger partial charge in [-0.1, -0.05) is 0 Å². The van der Waals surface area contributed by atoms with E-state index in [4.69, 9.17) is 19.6 Å². The molecular formula is C20H23N5O3. The van der Waals surface area contributed by atoms with Gasteiger partial charge in [0.25, 0.3) is 0 Å². The van der Waals surface area contributed by atoms with Crippen LogP contribution in [0.25, 0.3) is 17.1 Å². The van der Waals surface area contributed by atoms with E-state index >= 15 is 0 Å². The van der Waals surface area contributed by atoms with Gasteiger partial charge in [0, 0.05) is 5.56 Å². The van der Waals surface area contributed by atoms with Crippen LogP contribution in [0.3, 0.4) is 0 Å². The molecule has 1 N–H and O–H groups in total.